The molecular formula is C36H47N3O6. The van der Waals surface area contributed by atoms with E-state index in [0.717, 1.165) is 55.2 Å². The van der Waals surface area contributed by atoms with E-state index < -0.39 is 11.6 Å². The molecule has 9 heteroatoms. The van der Waals surface area contributed by atoms with Crippen LogP contribution in [0, 0.1) is 35.5 Å². The van der Waals surface area contributed by atoms with Crippen molar-refractivity contribution in [3.8, 4) is 0 Å². The summed E-state index contributed by atoms with van der Waals surface area (Å²) in [6.45, 7) is 1.39. The molecule has 6 aliphatic carbocycles. The summed E-state index contributed by atoms with van der Waals surface area (Å²) >= 11 is 0. The number of carbonyl (C=O) groups excluding carboxylic acids is 3. The Morgan fingerprint density at radius 1 is 0.867 bits per heavy atom. The molecule has 242 valence electrons. The number of rotatable bonds is 3. The molecule has 0 aromatic heterocycles. The van der Waals surface area contributed by atoms with Gasteiger partial charge in [-0.2, -0.15) is 9.78 Å². The Hall–Kier alpha value is -2.49. The lowest BCUT2D eigenvalue weighted by Crippen LogP contribution is -2.59. The molecule has 9 nitrogen and oxygen atoms in total. The highest BCUT2D eigenvalue weighted by Crippen LogP contribution is 2.64. The molecule has 45 heavy (non-hydrogen) atoms. The van der Waals surface area contributed by atoms with E-state index in [9.17, 15) is 14.4 Å². The summed E-state index contributed by atoms with van der Waals surface area (Å²) in [6, 6.07) is 5.96. The smallest absolute Gasteiger partial charge is 0.242 e. The average Bonchev–Trinajstić information content (AvgIpc) is 3.43. The standard InChI is InChI=1S/C36H47N3O6/c40-32-21-38(34(42)26-4-2-1-3-5-26)20-31-30-19-29(7-6-24(30)10-13-39(31)32)37-33(41)25-8-11-35(12-9-25)43-36(45-44-35)27-15-22-14-23(17-27)18-28(36)16-22/h6-7,19,22-23,25-28,31H,1-5,8-18,20-21H2,(H,37,41). The summed E-state index contributed by atoms with van der Waals surface area (Å²) in [5.74, 6) is 1.35. The Morgan fingerprint density at radius 2 is 1.60 bits per heavy atom. The Bertz CT molecular complexity index is 1350. The molecule has 1 aromatic carbocycles. The number of carbonyl (C=O) groups is 3. The van der Waals surface area contributed by atoms with Crippen molar-refractivity contribution in [1.29, 1.82) is 0 Å². The minimum atomic E-state index is -0.726. The molecule has 6 saturated carbocycles. The molecule has 3 aliphatic heterocycles. The lowest BCUT2D eigenvalue weighted by molar-refractivity contribution is -0.390. The minimum Gasteiger partial charge on any atom is -0.332 e. The Balaban J connectivity index is 0.853. The van der Waals surface area contributed by atoms with Crippen molar-refractivity contribution in [2.24, 2.45) is 35.5 Å². The zero-order valence-electron chi connectivity index (χ0n) is 26.3. The number of piperazine rings is 1. The maximum atomic E-state index is 13.5. The highest BCUT2D eigenvalue weighted by atomic mass is 17.3. The van der Waals surface area contributed by atoms with E-state index >= 15 is 0 Å². The van der Waals surface area contributed by atoms with Crippen molar-refractivity contribution in [1.82, 2.24) is 9.80 Å². The summed E-state index contributed by atoms with van der Waals surface area (Å²) < 4.78 is 6.85. The van der Waals surface area contributed by atoms with Gasteiger partial charge in [0.15, 0.2) is 0 Å². The summed E-state index contributed by atoms with van der Waals surface area (Å²) in [5, 5.41) is 3.20. The Kier molecular flexibility index (Phi) is 6.87. The number of hydrogen-bond donors (Lipinski definition) is 1. The largest absolute Gasteiger partial charge is 0.332 e. The van der Waals surface area contributed by atoms with Gasteiger partial charge in [-0.3, -0.25) is 14.4 Å². The van der Waals surface area contributed by atoms with Gasteiger partial charge in [-0.1, -0.05) is 25.3 Å². The van der Waals surface area contributed by atoms with E-state index in [2.05, 4.69) is 11.4 Å². The molecule has 4 bridgehead atoms. The van der Waals surface area contributed by atoms with Crippen molar-refractivity contribution < 1.29 is 28.9 Å². The van der Waals surface area contributed by atoms with Crippen molar-refractivity contribution in [2.45, 2.75) is 114 Å². The lowest BCUT2D eigenvalue weighted by Gasteiger charge is -2.57. The van der Waals surface area contributed by atoms with Gasteiger partial charge >= 0.3 is 0 Å². The van der Waals surface area contributed by atoms with Gasteiger partial charge in [-0.25, -0.2) is 0 Å². The Morgan fingerprint density at radius 3 is 2.33 bits per heavy atom. The number of benzene rings is 1. The molecule has 1 unspecified atom stereocenters. The zero-order valence-corrected chi connectivity index (χ0v) is 26.3. The van der Waals surface area contributed by atoms with E-state index in [4.69, 9.17) is 14.5 Å². The normalized spacial score (nSPS) is 40.6. The van der Waals surface area contributed by atoms with Gasteiger partial charge in [0.1, 0.15) is 0 Å². The van der Waals surface area contributed by atoms with Gasteiger partial charge in [-0.15, -0.1) is 0 Å². The number of ether oxygens (including phenoxy) is 1. The number of nitrogens with zero attached hydrogens (tertiary/aromatic N) is 2. The predicted molar refractivity (Wildman–Crippen MR) is 164 cm³/mol. The van der Waals surface area contributed by atoms with Crippen molar-refractivity contribution in [2.75, 3.05) is 25.0 Å². The maximum Gasteiger partial charge on any atom is 0.242 e. The number of hydrogen-bond acceptors (Lipinski definition) is 6. The first-order valence-electron chi connectivity index (χ1n) is 18.0. The molecule has 8 fully saturated rings. The average molecular weight is 618 g/mol. The second-order valence-corrected chi connectivity index (χ2v) is 15.8. The first-order valence-corrected chi connectivity index (χ1v) is 18.0. The van der Waals surface area contributed by atoms with E-state index in [1.54, 1.807) is 0 Å². The van der Waals surface area contributed by atoms with Gasteiger partial charge in [0.05, 0.1) is 12.6 Å². The molecule has 9 aliphatic rings. The molecular weight excluding hydrogens is 570 g/mol. The first-order chi connectivity index (χ1) is 21.9. The number of anilines is 1. The number of nitrogens with one attached hydrogen (secondary N) is 1. The first kappa shape index (κ1) is 28.7. The fourth-order valence-corrected chi connectivity index (χ4v) is 10.9. The van der Waals surface area contributed by atoms with E-state index in [1.165, 1.54) is 44.1 Å². The van der Waals surface area contributed by atoms with Crippen LogP contribution in [0.1, 0.15) is 107 Å². The third-order valence-corrected chi connectivity index (χ3v) is 13.1. The number of fused-ring (bicyclic) bond motifs is 3. The monoisotopic (exact) mass is 617 g/mol. The zero-order chi connectivity index (χ0) is 30.3. The van der Waals surface area contributed by atoms with Crippen LogP contribution in [-0.4, -0.2) is 58.7 Å². The lowest BCUT2D eigenvalue weighted by atomic mass is 9.53. The van der Waals surface area contributed by atoms with Crippen LogP contribution >= 0.6 is 0 Å². The van der Waals surface area contributed by atoms with Gasteiger partial charge in [0.2, 0.25) is 29.3 Å². The third kappa shape index (κ3) is 4.77. The number of amides is 3. The highest BCUT2D eigenvalue weighted by molar-refractivity contribution is 5.93. The fraction of sp³-hybridized carbons (Fsp3) is 0.750. The van der Waals surface area contributed by atoms with Crippen LogP contribution in [0.4, 0.5) is 5.69 Å². The summed E-state index contributed by atoms with van der Waals surface area (Å²) in [7, 11) is 0. The van der Waals surface area contributed by atoms with Crippen molar-refractivity contribution >= 4 is 23.4 Å². The van der Waals surface area contributed by atoms with Crippen LogP contribution < -0.4 is 5.32 Å². The highest BCUT2D eigenvalue weighted by Gasteiger charge is 2.67. The summed E-state index contributed by atoms with van der Waals surface area (Å²) in [5.41, 5.74) is 3.01. The molecule has 3 heterocycles. The third-order valence-electron chi connectivity index (χ3n) is 13.1. The van der Waals surface area contributed by atoms with Crippen LogP contribution in [0.25, 0.3) is 0 Å². The molecule has 2 spiro atoms. The molecule has 1 N–H and O–H groups in total. The second kappa shape index (κ2) is 10.8. The van der Waals surface area contributed by atoms with Gasteiger partial charge in [-0.05, 0) is 99.3 Å². The molecule has 0 radical (unpaired) electrons. The molecule has 1 atom stereocenters. The van der Waals surface area contributed by atoms with Crippen LogP contribution in [-0.2, 0) is 35.3 Å². The summed E-state index contributed by atoms with van der Waals surface area (Å²) in [6.07, 6.45) is 14.9. The van der Waals surface area contributed by atoms with Crippen LogP contribution in [0.15, 0.2) is 18.2 Å². The van der Waals surface area contributed by atoms with Gasteiger partial charge in [0.25, 0.3) is 0 Å². The maximum absolute atomic E-state index is 13.5. The second-order valence-electron chi connectivity index (χ2n) is 15.8. The van der Waals surface area contributed by atoms with Crippen LogP contribution in [0.3, 0.4) is 0 Å². The van der Waals surface area contributed by atoms with E-state index in [1.807, 2.05) is 21.9 Å². The molecule has 1 aromatic rings. The molecule has 3 amide bonds. The minimum absolute atomic E-state index is 0.0227. The van der Waals surface area contributed by atoms with Gasteiger partial charge < -0.3 is 19.9 Å². The van der Waals surface area contributed by atoms with Crippen molar-refractivity contribution in [3.05, 3.63) is 29.3 Å². The fourth-order valence-electron chi connectivity index (χ4n) is 10.9. The quantitative estimate of drug-likeness (QED) is 0.451. The molecule has 2 saturated heterocycles. The predicted octanol–water partition coefficient (Wildman–Crippen LogP) is 5.49. The van der Waals surface area contributed by atoms with Crippen LogP contribution in [0.5, 0.6) is 0 Å². The van der Waals surface area contributed by atoms with E-state index in [0.29, 0.717) is 50.6 Å². The molecule has 10 rings (SSSR count). The van der Waals surface area contributed by atoms with E-state index in [-0.39, 0.29) is 42.1 Å². The topological polar surface area (TPSA) is 97.4 Å². The summed E-state index contributed by atoms with van der Waals surface area (Å²) in [4.78, 5) is 56.2. The van der Waals surface area contributed by atoms with Gasteiger partial charge in [0, 0.05) is 55.3 Å². The SMILES string of the molecule is O=C(Nc1ccc2c(c1)C1CN(C(=O)C3CCCCC3)CC(=O)N1CC2)C1CCC2(CC1)OOC1(O2)C2CC3CC(C2)CC1C3. The Labute approximate surface area is 265 Å². The van der Waals surface area contributed by atoms with Crippen molar-refractivity contribution in [3.63, 3.8) is 0 Å². The van der Waals surface area contributed by atoms with Crippen LogP contribution in [0.2, 0.25) is 0 Å².